The molecule has 6 nitrogen and oxygen atoms in total. The second-order valence-electron chi connectivity index (χ2n) is 5.48. The van der Waals surface area contributed by atoms with Crippen LogP contribution in [0.4, 0.5) is 0 Å². The SMILES string of the molecule is CCOC(=O)C1CCCC(NC(C)C(=O)NCCOC)C1. The average molecular weight is 300 g/mol. The molecule has 0 aromatic rings. The molecule has 0 aromatic carbocycles. The van der Waals surface area contributed by atoms with Crippen LogP contribution < -0.4 is 10.6 Å². The predicted octanol–water partition coefficient (Wildman–Crippen LogP) is 0.849. The summed E-state index contributed by atoms with van der Waals surface area (Å²) in [4.78, 5) is 23.7. The molecule has 0 spiro atoms. The summed E-state index contributed by atoms with van der Waals surface area (Å²) >= 11 is 0. The highest BCUT2D eigenvalue weighted by Crippen LogP contribution is 2.25. The highest BCUT2D eigenvalue weighted by atomic mass is 16.5. The van der Waals surface area contributed by atoms with Crippen LogP contribution >= 0.6 is 0 Å². The van der Waals surface area contributed by atoms with Crippen molar-refractivity contribution in [3.63, 3.8) is 0 Å². The summed E-state index contributed by atoms with van der Waals surface area (Å²) in [6.45, 7) is 5.11. The highest BCUT2D eigenvalue weighted by Gasteiger charge is 2.29. The van der Waals surface area contributed by atoms with Crippen LogP contribution in [0.1, 0.15) is 39.5 Å². The normalized spacial score (nSPS) is 23.4. The van der Waals surface area contributed by atoms with Crippen molar-refractivity contribution in [2.75, 3.05) is 26.9 Å². The zero-order valence-corrected chi connectivity index (χ0v) is 13.3. The van der Waals surface area contributed by atoms with Gasteiger partial charge in [0.05, 0.1) is 25.2 Å². The van der Waals surface area contributed by atoms with Crippen molar-refractivity contribution in [2.45, 2.75) is 51.6 Å². The largest absolute Gasteiger partial charge is 0.466 e. The number of ether oxygens (including phenoxy) is 2. The van der Waals surface area contributed by atoms with Gasteiger partial charge < -0.3 is 20.1 Å². The Hall–Kier alpha value is -1.14. The van der Waals surface area contributed by atoms with Gasteiger partial charge in [-0.05, 0) is 33.1 Å². The minimum Gasteiger partial charge on any atom is -0.466 e. The Balaban J connectivity index is 2.36. The molecule has 1 aliphatic carbocycles. The Morgan fingerprint density at radius 3 is 2.76 bits per heavy atom. The van der Waals surface area contributed by atoms with Crippen molar-refractivity contribution in [2.24, 2.45) is 5.92 Å². The summed E-state index contributed by atoms with van der Waals surface area (Å²) in [5.74, 6) is -0.188. The van der Waals surface area contributed by atoms with Crippen molar-refractivity contribution in [3.05, 3.63) is 0 Å². The Morgan fingerprint density at radius 1 is 1.33 bits per heavy atom. The third kappa shape index (κ3) is 6.44. The van der Waals surface area contributed by atoms with E-state index in [0.29, 0.717) is 19.8 Å². The Morgan fingerprint density at radius 2 is 2.10 bits per heavy atom. The van der Waals surface area contributed by atoms with Gasteiger partial charge in [-0.3, -0.25) is 9.59 Å². The van der Waals surface area contributed by atoms with Gasteiger partial charge >= 0.3 is 5.97 Å². The lowest BCUT2D eigenvalue weighted by Crippen LogP contribution is -2.49. The third-order valence-corrected chi connectivity index (χ3v) is 3.78. The second-order valence-corrected chi connectivity index (χ2v) is 5.48. The quantitative estimate of drug-likeness (QED) is 0.513. The summed E-state index contributed by atoms with van der Waals surface area (Å²) in [6.07, 6.45) is 3.60. The first-order valence-electron chi connectivity index (χ1n) is 7.77. The van der Waals surface area contributed by atoms with Crippen LogP contribution in [0.15, 0.2) is 0 Å². The molecular weight excluding hydrogens is 272 g/mol. The fourth-order valence-corrected chi connectivity index (χ4v) is 2.67. The lowest BCUT2D eigenvalue weighted by atomic mass is 9.85. The van der Waals surface area contributed by atoms with E-state index in [-0.39, 0.29) is 29.9 Å². The van der Waals surface area contributed by atoms with Crippen LogP contribution in [-0.4, -0.2) is 50.8 Å². The third-order valence-electron chi connectivity index (χ3n) is 3.78. The molecule has 3 atom stereocenters. The number of nitrogens with one attached hydrogen (secondary N) is 2. The first-order chi connectivity index (χ1) is 10.1. The fourth-order valence-electron chi connectivity index (χ4n) is 2.67. The van der Waals surface area contributed by atoms with Crippen LogP contribution in [0.2, 0.25) is 0 Å². The number of carbonyl (C=O) groups is 2. The van der Waals surface area contributed by atoms with Crippen LogP contribution in [0.5, 0.6) is 0 Å². The monoisotopic (exact) mass is 300 g/mol. The average Bonchev–Trinajstić information content (AvgIpc) is 2.48. The number of amides is 1. The van der Waals surface area contributed by atoms with Gasteiger partial charge in [0.2, 0.25) is 5.91 Å². The van der Waals surface area contributed by atoms with Gasteiger partial charge in [-0.25, -0.2) is 0 Å². The van der Waals surface area contributed by atoms with E-state index in [9.17, 15) is 9.59 Å². The van der Waals surface area contributed by atoms with E-state index in [1.54, 1.807) is 7.11 Å². The Bertz CT molecular complexity index is 336. The van der Waals surface area contributed by atoms with Crippen LogP contribution in [0.3, 0.4) is 0 Å². The van der Waals surface area contributed by atoms with Crippen LogP contribution in [-0.2, 0) is 19.1 Å². The van der Waals surface area contributed by atoms with Crippen molar-refractivity contribution in [1.82, 2.24) is 10.6 Å². The van der Waals surface area contributed by atoms with E-state index in [4.69, 9.17) is 9.47 Å². The molecular formula is C15H28N2O4. The molecule has 0 saturated heterocycles. The number of rotatable bonds is 8. The van der Waals surface area contributed by atoms with Gasteiger partial charge in [-0.2, -0.15) is 0 Å². The van der Waals surface area contributed by atoms with Gasteiger partial charge in [0.15, 0.2) is 0 Å². The van der Waals surface area contributed by atoms with Crippen molar-refractivity contribution in [1.29, 1.82) is 0 Å². The summed E-state index contributed by atoms with van der Waals surface area (Å²) in [6, 6.07) is -0.0795. The van der Waals surface area contributed by atoms with E-state index in [0.717, 1.165) is 25.7 Å². The lowest BCUT2D eigenvalue weighted by molar-refractivity contribution is -0.149. The van der Waals surface area contributed by atoms with Crippen molar-refractivity contribution in [3.8, 4) is 0 Å². The summed E-state index contributed by atoms with van der Waals surface area (Å²) < 4.78 is 9.99. The van der Waals surface area contributed by atoms with Gasteiger partial charge in [-0.1, -0.05) is 6.42 Å². The zero-order chi connectivity index (χ0) is 15.7. The molecule has 0 bridgehead atoms. The van der Waals surface area contributed by atoms with Crippen LogP contribution in [0.25, 0.3) is 0 Å². The molecule has 1 aliphatic rings. The number of carbonyl (C=O) groups excluding carboxylic acids is 2. The van der Waals surface area contributed by atoms with Crippen LogP contribution in [0, 0.1) is 5.92 Å². The lowest BCUT2D eigenvalue weighted by Gasteiger charge is -2.30. The summed E-state index contributed by atoms with van der Waals surface area (Å²) in [5.41, 5.74) is 0. The molecule has 1 saturated carbocycles. The molecule has 2 N–H and O–H groups in total. The topological polar surface area (TPSA) is 76.7 Å². The number of hydrogen-bond donors (Lipinski definition) is 2. The maximum absolute atomic E-state index is 11.9. The number of methoxy groups -OCH3 is 1. The number of hydrogen-bond acceptors (Lipinski definition) is 5. The molecule has 6 heteroatoms. The van der Waals surface area contributed by atoms with E-state index in [2.05, 4.69) is 10.6 Å². The maximum Gasteiger partial charge on any atom is 0.308 e. The molecule has 3 unspecified atom stereocenters. The molecule has 21 heavy (non-hydrogen) atoms. The minimum atomic E-state index is -0.271. The molecule has 0 aliphatic heterocycles. The standard InChI is InChI=1S/C15H28N2O4/c1-4-21-15(19)12-6-5-7-13(10-12)17-11(2)14(18)16-8-9-20-3/h11-13,17H,4-10H2,1-3H3,(H,16,18). The maximum atomic E-state index is 11.9. The van der Waals surface area contributed by atoms with Crippen molar-refractivity contribution >= 4 is 11.9 Å². The molecule has 122 valence electrons. The van der Waals surface area contributed by atoms with Crippen molar-refractivity contribution < 1.29 is 19.1 Å². The summed E-state index contributed by atoms with van der Waals surface area (Å²) in [5, 5.41) is 6.12. The first kappa shape index (κ1) is 17.9. The number of esters is 1. The van der Waals surface area contributed by atoms with E-state index in [1.807, 2.05) is 13.8 Å². The predicted molar refractivity (Wildman–Crippen MR) is 79.9 cm³/mol. The molecule has 0 aromatic heterocycles. The molecule has 0 radical (unpaired) electrons. The smallest absolute Gasteiger partial charge is 0.308 e. The van der Waals surface area contributed by atoms with Gasteiger partial charge in [0.1, 0.15) is 0 Å². The zero-order valence-electron chi connectivity index (χ0n) is 13.3. The van der Waals surface area contributed by atoms with E-state index >= 15 is 0 Å². The van der Waals surface area contributed by atoms with Gasteiger partial charge in [0, 0.05) is 19.7 Å². The summed E-state index contributed by atoms with van der Waals surface area (Å²) in [7, 11) is 1.60. The Kier molecular flexibility index (Phi) is 8.30. The first-order valence-corrected chi connectivity index (χ1v) is 7.77. The van der Waals surface area contributed by atoms with E-state index < -0.39 is 0 Å². The minimum absolute atomic E-state index is 0.0368. The fraction of sp³-hybridized carbons (Fsp3) is 0.867. The second kappa shape index (κ2) is 9.73. The molecule has 0 heterocycles. The Labute approximate surface area is 126 Å². The van der Waals surface area contributed by atoms with E-state index in [1.165, 1.54) is 0 Å². The van der Waals surface area contributed by atoms with Gasteiger partial charge in [0.25, 0.3) is 0 Å². The molecule has 1 amide bonds. The van der Waals surface area contributed by atoms with Gasteiger partial charge in [-0.15, -0.1) is 0 Å². The molecule has 1 rings (SSSR count). The highest BCUT2D eigenvalue weighted by molar-refractivity contribution is 5.81. The molecule has 1 fully saturated rings.